The molecule has 0 saturated carbocycles. The van der Waals surface area contributed by atoms with E-state index in [4.69, 9.17) is 5.11 Å². The number of rotatable bonds is 7. The molecule has 0 aromatic heterocycles. The number of non-ortho nitro benzene ring substituents is 1. The maximum absolute atomic E-state index is 11.1. The molecule has 0 aliphatic heterocycles. The van der Waals surface area contributed by atoms with Crippen LogP contribution in [0.15, 0.2) is 18.2 Å². The molecule has 2 unspecified atom stereocenters. The van der Waals surface area contributed by atoms with E-state index in [1.807, 2.05) is 0 Å². The third-order valence-electron chi connectivity index (χ3n) is 2.88. The zero-order chi connectivity index (χ0) is 16.9. The number of carbonyl (C=O) groups excluding carboxylic acids is 1. The average Bonchev–Trinajstić information content (AvgIpc) is 2.45. The van der Waals surface area contributed by atoms with Gasteiger partial charge in [0, 0.05) is 30.4 Å². The fraction of sp³-hybridized carbons (Fsp3) is 0.385. The average molecular weight is 329 g/mol. The molecule has 0 radical (unpaired) electrons. The number of hydrogen-bond donors (Lipinski definition) is 3. The van der Waals surface area contributed by atoms with Gasteiger partial charge in [0.25, 0.3) is 5.69 Å². The second-order valence-corrected chi connectivity index (χ2v) is 5.75. The number of aliphatic hydroxyl groups is 2. The summed E-state index contributed by atoms with van der Waals surface area (Å²) < 4.78 is 0. The number of nitro benzene ring substituents is 1. The Morgan fingerprint density at radius 2 is 2.00 bits per heavy atom. The number of carboxylic acid groups (broad SMARTS) is 1. The van der Waals surface area contributed by atoms with Crippen LogP contribution >= 0.6 is 11.8 Å². The van der Waals surface area contributed by atoms with Gasteiger partial charge < -0.3 is 15.3 Å². The summed E-state index contributed by atoms with van der Waals surface area (Å²) in [5.41, 5.74) is -0.942. The Labute approximate surface area is 129 Å². The molecular formula is C13H15NO7S. The molecule has 0 spiro atoms. The summed E-state index contributed by atoms with van der Waals surface area (Å²) in [5, 5.41) is 39.6. The smallest absolute Gasteiger partial charge is 0.336 e. The summed E-state index contributed by atoms with van der Waals surface area (Å²) in [6.07, 6.45) is -2.90. The minimum absolute atomic E-state index is 0.0349. The number of hydrogen-bond acceptors (Lipinski definition) is 7. The van der Waals surface area contributed by atoms with Gasteiger partial charge in [-0.25, -0.2) is 4.79 Å². The molecule has 0 saturated heterocycles. The largest absolute Gasteiger partial charge is 0.478 e. The summed E-state index contributed by atoms with van der Waals surface area (Å²) in [5.74, 6) is -1.13. The molecule has 0 heterocycles. The topological polar surface area (TPSA) is 138 Å². The third kappa shape index (κ3) is 4.79. The van der Waals surface area contributed by atoms with E-state index < -0.39 is 23.1 Å². The summed E-state index contributed by atoms with van der Waals surface area (Å²) in [6.45, 7) is 1.36. The fourth-order valence-electron chi connectivity index (χ4n) is 1.79. The highest BCUT2D eigenvalue weighted by Crippen LogP contribution is 2.27. The SMILES string of the molecule is CC(=O)SCCC(O)C(O)c1cc([N+](=O)[O-])ccc1C(=O)O. The van der Waals surface area contributed by atoms with Gasteiger partial charge in [-0.2, -0.15) is 0 Å². The summed E-state index contributed by atoms with van der Waals surface area (Å²) in [6, 6.07) is 2.95. The highest BCUT2D eigenvalue weighted by molar-refractivity contribution is 8.13. The Kier molecular flexibility index (Phi) is 6.47. The predicted molar refractivity (Wildman–Crippen MR) is 78.8 cm³/mol. The Balaban J connectivity index is 3.00. The van der Waals surface area contributed by atoms with E-state index in [9.17, 15) is 29.9 Å². The summed E-state index contributed by atoms with van der Waals surface area (Å²) >= 11 is 0.956. The summed E-state index contributed by atoms with van der Waals surface area (Å²) in [7, 11) is 0. The maximum atomic E-state index is 11.1. The number of benzene rings is 1. The van der Waals surface area contributed by atoms with Gasteiger partial charge in [0.1, 0.15) is 6.10 Å². The van der Waals surface area contributed by atoms with E-state index in [0.717, 1.165) is 30.0 Å². The number of carboxylic acids is 1. The first kappa shape index (κ1) is 18.1. The van der Waals surface area contributed by atoms with Crippen LogP contribution in [0.1, 0.15) is 35.4 Å². The Hall–Kier alpha value is -1.97. The lowest BCUT2D eigenvalue weighted by atomic mass is 9.97. The first-order valence-corrected chi connectivity index (χ1v) is 7.23. The molecule has 0 bridgehead atoms. The van der Waals surface area contributed by atoms with Crippen LogP contribution in [0.4, 0.5) is 5.69 Å². The molecule has 0 amide bonds. The van der Waals surface area contributed by atoms with Crippen LogP contribution < -0.4 is 0 Å². The monoisotopic (exact) mass is 329 g/mol. The number of nitrogens with zero attached hydrogens (tertiary/aromatic N) is 1. The van der Waals surface area contributed by atoms with Crippen LogP contribution in [-0.2, 0) is 4.79 Å². The van der Waals surface area contributed by atoms with Crippen LogP contribution in [0.5, 0.6) is 0 Å². The lowest BCUT2D eigenvalue weighted by molar-refractivity contribution is -0.385. The zero-order valence-electron chi connectivity index (χ0n) is 11.6. The zero-order valence-corrected chi connectivity index (χ0v) is 12.4. The van der Waals surface area contributed by atoms with Crippen LogP contribution in [0, 0.1) is 10.1 Å². The molecule has 0 aliphatic carbocycles. The molecule has 120 valence electrons. The van der Waals surface area contributed by atoms with Gasteiger partial charge in [0.15, 0.2) is 5.12 Å². The standard InChI is InChI=1S/C13H15NO7S/c1-7(15)22-5-4-11(16)12(17)10-6-8(14(20)21)2-3-9(10)13(18)19/h2-3,6,11-12,16-17H,4-5H2,1H3,(H,18,19). The van der Waals surface area contributed by atoms with Gasteiger partial charge in [-0.1, -0.05) is 11.8 Å². The van der Waals surface area contributed by atoms with Crippen molar-refractivity contribution in [3.05, 3.63) is 39.4 Å². The van der Waals surface area contributed by atoms with Gasteiger partial charge in [-0.05, 0) is 12.5 Å². The minimum Gasteiger partial charge on any atom is -0.478 e. The van der Waals surface area contributed by atoms with Gasteiger partial charge in [-0.3, -0.25) is 14.9 Å². The molecule has 2 atom stereocenters. The number of aromatic carboxylic acids is 1. The number of nitro groups is 1. The molecule has 22 heavy (non-hydrogen) atoms. The van der Waals surface area contributed by atoms with Crippen molar-refractivity contribution in [2.75, 3.05) is 5.75 Å². The van der Waals surface area contributed by atoms with E-state index >= 15 is 0 Å². The molecule has 1 aromatic carbocycles. The molecule has 8 nitrogen and oxygen atoms in total. The minimum atomic E-state index is -1.60. The highest BCUT2D eigenvalue weighted by Gasteiger charge is 2.26. The van der Waals surface area contributed by atoms with Crippen molar-refractivity contribution in [2.45, 2.75) is 25.6 Å². The van der Waals surface area contributed by atoms with Gasteiger partial charge in [0.2, 0.25) is 0 Å². The van der Waals surface area contributed by atoms with Crippen molar-refractivity contribution in [3.8, 4) is 0 Å². The van der Waals surface area contributed by atoms with Crippen LogP contribution in [0.2, 0.25) is 0 Å². The third-order valence-corrected chi connectivity index (χ3v) is 3.72. The van der Waals surface area contributed by atoms with Crippen molar-refractivity contribution in [2.24, 2.45) is 0 Å². The number of aliphatic hydroxyl groups excluding tert-OH is 2. The highest BCUT2D eigenvalue weighted by atomic mass is 32.2. The van der Waals surface area contributed by atoms with E-state index in [-0.39, 0.29) is 34.1 Å². The normalized spacial score (nSPS) is 13.4. The fourth-order valence-corrected chi connectivity index (χ4v) is 2.44. The Morgan fingerprint density at radius 3 is 2.50 bits per heavy atom. The molecule has 0 fully saturated rings. The van der Waals surface area contributed by atoms with E-state index in [1.54, 1.807) is 0 Å². The van der Waals surface area contributed by atoms with Crippen molar-refractivity contribution < 1.29 is 29.8 Å². The van der Waals surface area contributed by atoms with E-state index in [0.29, 0.717) is 0 Å². The van der Waals surface area contributed by atoms with Gasteiger partial charge in [0.05, 0.1) is 16.6 Å². The van der Waals surface area contributed by atoms with Crippen molar-refractivity contribution >= 4 is 28.5 Å². The lowest BCUT2D eigenvalue weighted by Gasteiger charge is -2.19. The second kappa shape index (κ2) is 7.87. The Morgan fingerprint density at radius 1 is 1.36 bits per heavy atom. The van der Waals surface area contributed by atoms with E-state index in [1.165, 1.54) is 6.92 Å². The first-order valence-electron chi connectivity index (χ1n) is 6.25. The lowest BCUT2D eigenvalue weighted by Crippen LogP contribution is -2.21. The molecule has 1 rings (SSSR count). The maximum Gasteiger partial charge on any atom is 0.336 e. The quantitative estimate of drug-likeness (QED) is 0.503. The molecule has 1 aromatic rings. The van der Waals surface area contributed by atoms with Gasteiger partial charge in [-0.15, -0.1) is 0 Å². The van der Waals surface area contributed by atoms with Crippen molar-refractivity contribution in [3.63, 3.8) is 0 Å². The summed E-state index contributed by atoms with van der Waals surface area (Å²) in [4.78, 5) is 31.9. The van der Waals surface area contributed by atoms with Crippen molar-refractivity contribution in [1.82, 2.24) is 0 Å². The molecule has 3 N–H and O–H groups in total. The second-order valence-electron chi connectivity index (χ2n) is 4.47. The van der Waals surface area contributed by atoms with Crippen LogP contribution in [-0.4, -0.2) is 43.2 Å². The first-order chi connectivity index (χ1) is 10.2. The molecule has 0 aliphatic rings. The predicted octanol–water partition coefficient (Wildman–Crippen LogP) is 1.36. The van der Waals surface area contributed by atoms with Crippen LogP contribution in [0.25, 0.3) is 0 Å². The molecule has 9 heteroatoms. The van der Waals surface area contributed by atoms with E-state index in [2.05, 4.69) is 0 Å². The Bertz CT molecular complexity index is 590. The van der Waals surface area contributed by atoms with Crippen molar-refractivity contribution in [1.29, 1.82) is 0 Å². The number of thioether (sulfide) groups is 1. The number of carbonyl (C=O) groups is 2. The van der Waals surface area contributed by atoms with Crippen LogP contribution in [0.3, 0.4) is 0 Å². The molecular weight excluding hydrogens is 314 g/mol. The van der Waals surface area contributed by atoms with Gasteiger partial charge >= 0.3 is 5.97 Å².